The maximum absolute atomic E-state index is 13.1. The van der Waals surface area contributed by atoms with Gasteiger partial charge in [0.05, 0.1) is 16.7 Å². The van der Waals surface area contributed by atoms with E-state index in [1.54, 1.807) is 11.6 Å². The van der Waals surface area contributed by atoms with Crippen molar-refractivity contribution in [2.75, 3.05) is 44.2 Å². The predicted molar refractivity (Wildman–Crippen MR) is 118 cm³/mol. The molecular weight excluding hydrogens is 396 g/mol. The molecule has 2 fully saturated rings. The number of rotatable bonds is 3. The molecule has 31 heavy (non-hydrogen) atoms. The van der Waals surface area contributed by atoms with Crippen molar-refractivity contribution in [2.45, 2.75) is 24.9 Å². The minimum absolute atomic E-state index is 0.266. The van der Waals surface area contributed by atoms with E-state index in [4.69, 9.17) is 0 Å². The number of nitrogens with zero attached hydrogens (tertiary/aromatic N) is 4. The zero-order valence-electron chi connectivity index (χ0n) is 17.7. The van der Waals surface area contributed by atoms with E-state index in [-0.39, 0.29) is 5.69 Å². The number of amides is 2. The van der Waals surface area contributed by atoms with Crippen molar-refractivity contribution in [1.29, 1.82) is 0 Å². The Balaban J connectivity index is 1.46. The molecule has 0 bridgehead atoms. The monoisotopic (exact) mass is 424 g/mol. The lowest BCUT2D eigenvalue weighted by molar-refractivity contribution is -0.130. The number of carbonyl (C=O) groups is 2. The Hall–Kier alpha value is -2.91. The number of aryl methyl sites for hydroxylation is 1. The summed E-state index contributed by atoms with van der Waals surface area (Å²) < 4.78 is 3.09. The summed E-state index contributed by atoms with van der Waals surface area (Å²) in [6, 6.07) is 5.64. The number of para-hydroxylation sites is 1. The third-order valence-electron chi connectivity index (χ3n) is 6.78. The number of fused-ring (bicyclic) bond motifs is 1. The Labute approximate surface area is 180 Å². The first-order chi connectivity index (χ1) is 15.0. The maximum atomic E-state index is 13.1. The van der Waals surface area contributed by atoms with E-state index in [9.17, 15) is 14.4 Å². The van der Waals surface area contributed by atoms with E-state index in [2.05, 4.69) is 26.5 Å². The van der Waals surface area contributed by atoms with E-state index in [0.29, 0.717) is 11.6 Å². The molecule has 9 nitrogen and oxygen atoms in total. The topological polar surface area (TPSA) is 91.6 Å². The number of benzene rings is 1. The van der Waals surface area contributed by atoms with Crippen LogP contribution in [0.5, 0.6) is 0 Å². The van der Waals surface area contributed by atoms with Gasteiger partial charge in [0.2, 0.25) is 5.91 Å². The summed E-state index contributed by atoms with van der Waals surface area (Å²) >= 11 is 0. The summed E-state index contributed by atoms with van der Waals surface area (Å²) in [5, 5.41) is 5.71. The van der Waals surface area contributed by atoms with Crippen LogP contribution in [0.25, 0.3) is 11.0 Å². The fourth-order valence-corrected chi connectivity index (χ4v) is 5.17. The molecule has 4 heterocycles. The Bertz CT molecular complexity index is 1100. The summed E-state index contributed by atoms with van der Waals surface area (Å²) in [6.07, 6.45) is 5.00. The van der Waals surface area contributed by atoms with Gasteiger partial charge in [-0.1, -0.05) is 6.07 Å². The molecule has 1 unspecified atom stereocenters. The quantitative estimate of drug-likeness (QED) is 0.673. The van der Waals surface area contributed by atoms with Crippen molar-refractivity contribution in [2.24, 2.45) is 7.05 Å². The van der Waals surface area contributed by atoms with Gasteiger partial charge in [0.25, 0.3) is 5.91 Å². The number of piperidine rings is 1. The van der Waals surface area contributed by atoms with Crippen LogP contribution in [0.4, 0.5) is 5.69 Å². The van der Waals surface area contributed by atoms with Gasteiger partial charge < -0.3 is 10.2 Å². The van der Waals surface area contributed by atoms with Crippen LogP contribution in [0.1, 0.15) is 18.9 Å². The van der Waals surface area contributed by atoms with Crippen molar-refractivity contribution in [3.63, 3.8) is 0 Å². The second kappa shape index (κ2) is 7.97. The molecule has 2 N–H and O–H groups in total. The second-order valence-electron chi connectivity index (χ2n) is 8.52. The van der Waals surface area contributed by atoms with Crippen LogP contribution >= 0.6 is 0 Å². The fraction of sp³-hybridized carbons (Fsp3) is 0.500. The minimum atomic E-state index is -0.831. The molecule has 1 aromatic carbocycles. The number of carbonyl (C=O) groups excluding carboxylic acids is 2. The highest BCUT2D eigenvalue weighted by molar-refractivity contribution is 6.06. The highest BCUT2D eigenvalue weighted by Crippen LogP contribution is 2.31. The van der Waals surface area contributed by atoms with Crippen LogP contribution in [0.2, 0.25) is 0 Å². The standard InChI is InChI=1S/C22H28N6O3/c1-25-20-16(27-11-7-15(8-12-27)26-13-9-23-10-14-26)3-2-4-17(20)28(22(25)31)18-5-6-19(29)24-21(18)30/h2-6,15,18,23H,7-14H2,1H3,(H,24,29,30). The summed E-state index contributed by atoms with van der Waals surface area (Å²) in [5.74, 6) is -0.938. The van der Waals surface area contributed by atoms with Crippen molar-refractivity contribution < 1.29 is 9.59 Å². The molecule has 0 radical (unpaired) electrons. The van der Waals surface area contributed by atoms with Crippen LogP contribution in [-0.4, -0.2) is 71.2 Å². The lowest BCUT2D eigenvalue weighted by atomic mass is 10.0. The number of piperazine rings is 1. The Kier molecular flexibility index (Phi) is 5.15. The molecule has 3 aliphatic heterocycles. The number of anilines is 1. The maximum Gasteiger partial charge on any atom is 0.329 e. The molecule has 9 heteroatoms. The van der Waals surface area contributed by atoms with E-state index in [1.807, 2.05) is 12.1 Å². The lowest BCUT2D eigenvalue weighted by Crippen LogP contribution is -2.52. The van der Waals surface area contributed by atoms with Crippen molar-refractivity contribution >= 4 is 28.5 Å². The number of hydrogen-bond acceptors (Lipinski definition) is 6. The van der Waals surface area contributed by atoms with E-state index >= 15 is 0 Å². The fourth-order valence-electron chi connectivity index (χ4n) is 5.17. The van der Waals surface area contributed by atoms with Crippen LogP contribution in [-0.2, 0) is 16.6 Å². The summed E-state index contributed by atoms with van der Waals surface area (Å²) in [5.41, 5.74) is 2.28. The zero-order valence-corrected chi connectivity index (χ0v) is 17.7. The van der Waals surface area contributed by atoms with E-state index in [0.717, 1.165) is 63.3 Å². The molecule has 0 aliphatic carbocycles. The molecule has 2 saturated heterocycles. The van der Waals surface area contributed by atoms with Crippen molar-refractivity contribution in [3.8, 4) is 0 Å². The molecule has 5 rings (SSSR count). The zero-order chi connectivity index (χ0) is 21.5. The third-order valence-corrected chi connectivity index (χ3v) is 6.78. The molecular formula is C22H28N6O3. The van der Waals surface area contributed by atoms with Gasteiger partial charge in [0.1, 0.15) is 6.04 Å². The predicted octanol–water partition coefficient (Wildman–Crippen LogP) is -0.0323. The number of aromatic nitrogens is 2. The largest absolute Gasteiger partial charge is 0.370 e. The highest BCUT2D eigenvalue weighted by Gasteiger charge is 2.30. The van der Waals surface area contributed by atoms with Crippen LogP contribution in [0.3, 0.4) is 0 Å². The number of imide groups is 1. The van der Waals surface area contributed by atoms with Crippen molar-refractivity contribution in [3.05, 3.63) is 40.8 Å². The molecule has 0 saturated carbocycles. The molecule has 1 atom stereocenters. The summed E-state index contributed by atoms with van der Waals surface area (Å²) in [4.78, 5) is 41.9. The molecule has 164 valence electrons. The van der Waals surface area contributed by atoms with Crippen molar-refractivity contribution in [1.82, 2.24) is 24.7 Å². The number of nitrogens with one attached hydrogen (secondary N) is 2. The van der Waals surface area contributed by atoms with Gasteiger partial charge in [0, 0.05) is 58.4 Å². The molecule has 2 amide bonds. The lowest BCUT2D eigenvalue weighted by Gasteiger charge is -2.41. The average molecular weight is 425 g/mol. The third kappa shape index (κ3) is 3.47. The van der Waals surface area contributed by atoms with Gasteiger partial charge >= 0.3 is 5.69 Å². The first-order valence-corrected chi connectivity index (χ1v) is 11.0. The SMILES string of the molecule is Cn1c(=O)n(C2C=CC(=O)NC2=O)c2cccc(N3CCC(N4CCNCC4)CC3)c21. The first kappa shape index (κ1) is 20.0. The van der Waals surface area contributed by atoms with Gasteiger partial charge in [-0.05, 0) is 31.1 Å². The Morgan fingerprint density at radius 3 is 2.45 bits per heavy atom. The molecule has 3 aliphatic rings. The number of imidazole rings is 1. The highest BCUT2D eigenvalue weighted by atomic mass is 16.2. The average Bonchev–Trinajstić information content (AvgIpc) is 3.05. The minimum Gasteiger partial charge on any atom is -0.370 e. The Morgan fingerprint density at radius 1 is 1.00 bits per heavy atom. The van der Waals surface area contributed by atoms with Crippen LogP contribution in [0.15, 0.2) is 35.1 Å². The van der Waals surface area contributed by atoms with Gasteiger partial charge in [-0.2, -0.15) is 0 Å². The molecule has 0 spiro atoms. The van der Waals surface area contributed by atoms with E-state index < -0.39 is 17.9 Å². The molecule has 1 aromatic heterocycles. The Morgan fingerprint density at radius 2 is 1.74 bits per heavy atom. The second-order valence-corrected chi connectivity index (χ2v) is 8.52. The van der Waals surface area contributed by atoms with Gasteiger partial charge in [-0.15, -0.1) is 0 Å². The smallest absolute Gasteiger partial charge is 0.329 e. The van der Waals surface area contributed by atoms with Gasteiger partial charge in [-0.3, -0.25) is 28.9 Å². The van der Waals surface area contributed by atoms with Crippen LogP contribution in [0, 0.1) is 0 Å². The summed E-state index contributed by atoms with van der Waals surface area (Å²) in [6.45, 7) is 6.21. The van der Waals surface area contributed by atoms with Gasteiger partial charge in [0.15, 0.2) is 0 Å². The van der Waals surface area contributed by atoms with Crippen LogP contribution < -0.4 is 21.2 Å². The molecule has 2 aromatic rings. The van der Waals surface area contributed by atoms with E-state index in [1.165, 1.54) is 16.7 Å². The summed E-state index contributed by atoms with van der Waals surface area (Å²) in [7, 11) is 1.74. The van der Waals surface area contributed by atoms with Gasteiger partial charge in [-0.25, -0.2) is 4.79 Å². The normalized spacial score (nSPS) is 23.5. The first-order valence-electron chi connectivity index (χ1n) is 11.0. The number of hydrogen-bond donors (Lipinski definition) is 2.